The lowest BCUT2D eigenvalue weighted by atomic mass is 9.92. The van der Waals surface area contributed by atoms with Gasteiger partial charge in [-0.1, -0.05) is 30.2 Å². The molecule has 0 radical (unpaired) electrons. The number of H-pyrrole nitrogens is 1. The molecular formula is C20H26N4OS. The molecule has 26 heavy (non-hydrogen) atoms. The molecule has 1 saturated carbocycles. The van der Waals surface area contributed by atoms with Crippen LogP contribution in [0.1, 0.15) is 44.1 Å². The largest absolute Gasteiger partial charge is 0.339 e. The predicted octanol–water partition coefficient (Wildman–Crippen LogP) is 4.10. The Morgan fingerprint density at radius 1 is 1.31 bits per heavy atom. The number of nitrogens with zero attached hydrogens (tertiary/aromatic N) is 3. The Morgan fingerprint density at radius 3 is 3.00 bits per heavy atom. The Morgan fingerprint density at radius 2 is 2.15 bits per heavy atom. The topological polar surface area (TPSA) is 53.9 Å². The molecule has 1 N–H and O–H groups in total. The third-order valence-corrected chi connectivity index (χ3v) is 6.21. The van der Waals surface area contributed by atoms with Crippen LogP contribution in [0.25, 0.3) is 11.4 Å². The van der Waals surface area contributed by atoms with Crippen molar-refractivity contribution < 1.29 is 4.79 Å². The number of likely N-dealkylation sites (tertiary alicyclic amines) is 1. The fourth-order valence-electron chi connectivity index (χ4n) is 4.64. The molecule has 2 aromatic rings. The molecule has 0 spiro atoms. The number of hydrogen-bond acceptors (Lipinski definition) is 3. The number of fused-ring (bicyclic) bond motifs is 1. The standard InChI is InChI=1S/C20H26N4OS/c1-14-5-2-7-16(13-14)19-21-22-20(26)24(19)12-10-18(25)23-11-4-8-15-6-3-9-17(15)23/h2,5,7,13,15,17H,3-4,6,8-12H2,1H3,(H,22,26)/t15-,17+/m0/s1. The van der Waals surface area contributed by atoms with Gasteiger partial charge in [0.2, 0.25) is 5.91 Å². The van der Waals surface area contributed by atoms with Gasteiger partial charge in [0.15, 0.2) is 10.6 Å². The van der Waals surface area contributed by atoms with E-state index in [4.69, 9.17) is 12.2 Å². The van der Waals surface area contributed by atoms with Crippen molar-refractivity contribution in [3.05, 3.63) is 34.6 Å². The number of carbonyl (C=O) groups excluding carboxylic acids is 1. The summed E-state index contributed by atoms with van der Waals surface area (Å²) in [5.41, 5.74) is 2.21. The van der Waals surface area contributed by atoms with Gasteiger partial charge in [0.25, 0.3) is 0 Å². The van der Waals surface area contributed by atoms with E-state index >= 15 is 0 Å². The fraction of sp³-hybridized carbons (Fsp3) is 0.550. The van der Waals surface area contributed by atoms with E-state index in [-0.39, 0.29) is 5.91 Å². The molecule has 2 atom stereocenters. The van der Waals surface area contributed by atoms with Crippen LogP contribution in [-0.4, -0.2) is 38.2 Å². The van der Waals surface area contributed by atoms with Crippen LogP contribution in [0.2, 0.25) is 0 Å². The zero-order chi connectivity index (χ0) is 18.1. The van der Waals surface area contributed by atoms with E-state index in [1.54, 1.807) is 0 Å². The first kappa shape index (κ1) is 17.5. The number of aryl methyl sites for hydroxylation is 1. The maximum atomic E-state index is 12.9. The van der Waals surface area contributed by atoms with Crippen LogP contribution in [0.3, 0.4) is 0 Å². The van der Waals surface area contributed by atoms with E-state index in [0.717, 1.165) is 30.3 Å². The molecule has 2 fully saturated rings. The van der Waals surface area contributed by atoms with Crippen LogP contribution in [0.15, 0.2) is 24.3 Å². The summed E-state index contributed by atoms with van der Waals surface area (Å²) in [4.78, 5) is 15.0. The molecule has 1 amide bonds. The Kier molecular flexibility index (Phi) is 4.94. The molecule has 4 rings (SSSR count). The van der Waals surface area contributed by atoms with Crippen LogP contribution < -0.4 is 0 Å². The number of piperidine rings is 1. The van der Waals surface area contributed by atoms with Crippen molar-refractivity contribution in [2.75, 3.05) is 6.54 Å². The number of aromatic nitrogens is 3. The lowest BCUT2D eigenvalue weighted by molar-refractivity contribution is -0.136. The van der Waals surface area contributed by atoms with E-state index in [1.807, 2.05) is 16.7 Å². The van der Waals surface area contributed by atoms with E-state index in [1.165, 1.54) is 31.2 Å². The first-order chi connectivity index (χ1) is 12.6. The van der Waals surface area contributed by atoms with Gasteiger partial charge in [-0.15, -0.1) is 0 Å². The smallest absolute Gasteiger partial charge is 0.224 e. The van der Waals surface area contributed by atoms with Gasteiger partial charge in [-0.2, -0.15) is 5.10 Å². The van der Waals surface area contributed by atoms with E-state index in [9.17, 15) is 4.79 Å². The highest BCUT2D eigenvalue weighted by atomic mass is 32.1. The molecule has 0 bridgehead atoms. The highest BCUT2D eigenvalue weighted by Crippen LogP contribution is 2.37. The number of aromatic amines is 1. The molecular weight excluding hydrogens is 344 g/mol. The maximum absolute atomic E-state index is 12.9. The van der Waals surface area contributed by atoms with Gasteiger partial charge in [0.1, 0.15) is 0 Å². The Hall–Kier alpha value is -1.95. The number of rotatable bonds is 4. The summed E-state index contributed by atoms with van der Waals surface area (Å²) in [6, 6.07) is 8.68. The van der Waals surface area contributed by atoms with Gasteiger partial charge in [-0.3, -0.25) is 14.5 Å². The van der Waals surface area contributed by atoms with Gasteiger partial charge in [0.05, 0.1) is 0 Å². The molecule has 1 aromatic heterocycles. The molecule has 6 heteroatoms. The van der Waals surface area contributed by atoms with Crippen LogP contribution in [0, 0.1) is 17.6 Å². The number of amides is 1. The average Bonchev–Trinajstić information content (AvgIpc) is 3.26. The Balaban J connectivity index is 1.49. The third kappa shape index (κ3) is 3.34. The number of nitrogens with one attached hydrogen (secondary N) is 1. The molecule has 5 nitrogen and oxygen atoms in total. The van der Waals surface area contributed by atoms with Crippen molar-refractivity contribution in [2.24, 2.45) is 5.92 Å². The van der Waals surface area contributed by atoms with Gasteiger partial charge >= 0.3 is 0 Å². The van der Waals surface area contributed by atoms with Crippen molar-refractivity contribution in [3.63, 3.8) is 0 Å². The molecule has 138 valence electrons. The minimum absolute atomic E-state index is 0.264. The first-order valence-corrected chi connectivity index (χ1v) is 10.1. The zero-order valence-corrected chi connectivity index (χ0v) is 16.1. The summed E-state index contributed by atoms with van der Waals surface area (Å²) in [6.07, 6.45) is 6.65. The minimum atomic E-state index is 0.264. The van der Waals surface area contributed by atoms with Crippen molar-refractivity contribution in [1.29, 1.82) is 0 Å². The summed E-state index contributed by atoms with van der Waals surface area (Å²) in [5.74, 6) is 1.80. The van der Waals surface area contributed by atoms with E-state index in [2.05, 4.69) is 34.2 Å². The van der Waals surface area contributed by atoms with E-state index < -0.39 is 0 Å². The predicted molar refractivity (Wildman–Crippen MR) is 104 cm³/mol. The number of hydrogen-bond donors (Lipinski definition) is 1. The normalized spacial score (nSPS) is 22.4. The third-order valence-electron chi connectivity index (χ3n) is 5.90. The zero-order valence-electron chi connectivity index (χ0n) is 15.3. The van der Waals surface area contributed by atoms with Crippen LogP contribution >= 0.6 is 12.2 Å². The monoisotopic (exact) mass is 370 g/mol. The quantitative estimate of drug-likeness (QED) is 0.825. The highest BCUT2D eigenvalue weighted by Gasteiger charge is 2.36. The summed E-state index contributed by atoms with van der Waals surface area (Å²) in [5, 5.41) is 7.28. The molecule has 2 aliphatic rings. The van der Waals surface area contributed by atoms with Crippen molar-refractivity contribution in [1.82, 2.24) is 19.7 Å². The van der Waals surface area contributed by atoms with Crippen LogP contribution in [-0.2, 0) is 11.3 Å². The Bertz CT molecular complexity index is 855. The minimum Gasteiger partial charge on any atom is -0.339 e. The van der Waals surface area contributed by atoms with Gasteiger partial charge in [-0.25, -0.2) is 0 Å². The SMILES string of the molecule is Cc1cccc(-c2n[nH]c(=S)n2CCC(=O)N2CCC[C@@H]3CCC[C@H]32)c1. The number of benzene rings is 1. The molecule has 0 unspecified atom stereocenters. The Labute approximate surface area is 159 Å². The van der Waals surface area contributed by atoms with Crippen molar-refractivity contribution >= 4 is 18.1 Å². The summed E-state index contributed by atoms with van der Waals surface area (Å²) in [7, 11) is 0. The van der Waals surface area contributed by atoms with Gasteiger partial charge in [0, 0.05) is 31.1 Å². The molecule has 1 aliphatic heterocycles. The lowest BCUT2D eigenvalue weighted by Gasteiger charge is -2.38. The second-order valence-corrected chi connectivity index (χ2v) is 8.00. The highest BCUT2D eigenvalue weighted by molar-refractivity contribution is 7.71. The summed E-state index contributed by atoms with van der Waals surface area (Å²) in [6.45, 7) is 3.56. The second-order valence-electron chi connectivity index (χ2n) is 7.61. The molecule has 1 aliphatic carbocycles. The number of carbonyl (C=O) groups is 1. The maximum Gasteiger partial charge on any atom is 0.224 e. The molecule has 2 heterocycles. The lowest BCUT2D eigenvalue weighted by Crippen LogP contribution is -2.46. The summed E-state index contributed by atoms with van der Waals surface area (Å²) < 4.78 is 2.53. The first-order valence-electron chi connectivity index (χ1n) is 9.65. The molecule has 1 saturated heterocycles. The van der Waals surface area contributed by atoms with Gasteiger partial charge in [-0.05, 0) is 56.8 Å². The second kappa shape index (κ2) is 7.35. The van der Waals surface area contributed by atoms with Crippen molar-refractivity contribution in [3.8, 4) is 11.4 Å². The van der Waals surface area contributed by atoms with Crippen LogP contribution in [0.4, 0.5) is 0 Å². The van der Waals surface area contributed by atoms with Crippen molar-refractivity contribution in [2.45, 2.75) is 58.0 Å². The molecule has 1 aromatic carbocycles. The van der Waals surface area contributed by atoms with Gasteiger partial charge < -0.3 is 4.90 Å². The summed E-state index contributed by atoms with van der Waals surface area (Å²) >= 11 is 5.41. The van der Waals surface area contributed by atoms with Crippen LogP contribution in [0.5, 0.6) is 0 Å². The van der Waals surface area contributed by atoms with E-state index in [0.29, 0.717) is 23.8 Å². The fourth-order valence-corrected chi connectivity index (χ4v) is 4.87. The average molecular weight is 371 g/mol.